The number of likely N-dealkylation sites (N-methyl/N-ethyl adjacent to an activating group) is 1. The lowest BCUT2D eigenvalue weighted by atomic mass is 10.2. The summed E-state index contributed by atoms with van der Waals surface area (Å²) in [6, 6.07) is 7.77. The lowest BCUT2D eigenvalue weighted by Crippen LogP contribution is -2.31. The van der Waals surface area contributed by atoms with Crippen LogP contribution in [0.5, 0.6) is 5.75 Å². The summed E-state index contributed by atoms with van der Waals surface area (Å²) in [6.07, 6.45) is 2.78. The van der Waals surface area contributed by atoms with Crippen LogP contribution < -0.4 is 4.74 Å². The Bertz CT molecular complexity index is 634. The quantitative estimate of drug-likeness (QED) is 0.852. The maximum Gasteiger partial charge on any atom is 0.273 e. The van der Waals surface area contributed by atoms with E-state index in [2.05, 4.69) is 9.97 Å². The number of aryl methyl sites for hydroxylation is 1. The van der Waals surface area contributed by atoms with Gasteiger partial charge in [0.05, 0.1) is 18.9 Å². The third kappa shape index (κ3) is 4.43. The van der Waals surface area contributed by atoms with Crippen LogP contribution in [-0.2, 0) is 0 Å². The molecule has 0 N–H and O–H groups in total. The number of carbonyl (C=O) groups excluding carboxylic acids is 1. The first-order chi connectivity index (χ1) is 10.1. The fourth-order valence-corrected chi connectivity index (χ4v) is 1.90. The molecule has 0 saturated carbocycles. The Kier molecular flexibility index (Phi) is 5.11. The predicted molar refractivity (Wildman–Crippen MR) is 80.7 cm³/mol. The van der Waals surface area contributed by atoms with Crippen molar-refractivity contribution in [3.05, 3.63) is 53.1 Å². The van der Waals surface area contributed by atoms with Gasteiger partial charge in [0, 0.05) is 7.05 Å². The molecule has 0 bridgehead atoms. The second-order valence-corrected chi connectivity index (χ2v) is 5.01. The van der Waals surface area contributed by atoms with Crippen molar-refractivity contribution in [2.24, 2.45) is 0 Å². The molecule has 0 aliphatic carbocycles. The second-order valence-electron chi connectivity index (χ2n) is 4.62. The number of hydrogen-bond donors (Lipinski definition) is 0. The van der Waals surface area contributed by atoms with Crippen LogP contribution in [0.25, 0.3) is 0 Å². The Labute approximate surface area is 128 Å². The molecule has 110 valence electrons. The van der Waals surface area contributed by atoms with Crippen LogP contribution in [0.15, 0.2) is 36.7 Å². The Hall–Kier alpha value is -2.14. The van der Waals surface area contributed by atoms with E-state index in [0.29, 0.717) is 13.2 Å². The number of carbonyl (C=O) groups is 1. The van der Waals surface area contributed by atoms with Gasteiger partial charge in [0.15, 0.2) is 0 Å². The van der Waals surface area contributed by atoms with Gasteiger partial charge < -0.3 is 9.64 Å². The summed E-state index contributed by atoms with van der Waals surface area (Å²) in [5.41, 5.74) is 1.35. The smallest absolute Gasteiger partial charge is 0.273 e. The summed E-state index contributed by atoms with van der Waals surface area (Å²) in [4.78, 5) is 21.4. The van der Waals surface area contributed by atoms with E-state index in [1.807, 2.05) is 31.2 Å². The molecule has 1 aromatic carbocycles. The molecule has 5 nitrogen and oxygen atoms in total. The number of amides is 1. The van der Waals surface area contributed by atoms with Gasteiger partial charge in [-0.15, -0.1) is 0 Å². The highest BCUT2D eigenvalue weighted by Gasteiger charge is 2.13. The molecule has 1 amide bonds. The van der Waals surface area contributed by atoms with Crippen molar-refractivity contribution >= 4 is 17.5 Å². The molecular formula is C15H16ClN3O2. The highest BCUT2D eigenvalue weighted by molar-refractivity contribution is 6.29. The maximum absolute atomic E-state index is 12.1. The number of halogens is 1. The summed E-state index contributed by atoms with van der Waals surface area (Å²) >= 11 is 5.72. The van der Waals surface area contributed by atoms with Gasteiger partial charge >= 0.3 is 0 Å². The molecule has 0 fully saturated rings. The molecule has 2 aromatic rings. The summed E-state index contributed by atoms with van der Waals surface area (Å²) in [5.74, 6) is 0.552. The Balaban J connectivity index is 1.87. The molecule has 0 radical (unpaired) electrons. The van der Waals surface area contributed by atoms with E-state index in [1.54, 1.807) is 7.05 Å². The zero-order valence-electron chi connectivity index (χ0n) is 11.9. The molecule has 6 heteroatoms. The predicted octanol–water partition coefficient (Wildman–Crippen LogP) is 2.59. The standard InChI is InChI=1S/C15H16ClN3O2/c1-11-4-3-5-12(8-11)21-7-6-19(2)15(20)13-9-17-10-14(16)18-13/h3-5,8-10H,6-7H2,1-2H3. The molecular weight excluding hydrogens is 290 g/mol. The largest absolute Gasteiger partial charge is 0.492 e. The summed E-state index contributed by atoms with van der Waals surface area (Å²) in [5, 5.41) is 0.199. The summed E-state index contributed by atoms with van der Waals surface area (Å²) in [7, 11) is 1.69. The minimum atomic E-state index is -0.238. The minimum absolute atomic E-state index is 0.199. The van der Waals surface area contributed by atoms with Crippen molar-refractivity contribution in [3.8, 4) is 5.75 Å². The van der Waals surface area contributed by atoms with E-state index >= 15 is 0 Å². The Morgan fingerprint density at radius 2 is 2.19 bits per heavy atom. The van der Waals surface area contributed by atoms with Crippen molar-refractivity contribution in [2.75, 3.05) is 20.2 Å². The highest BCUT2D eigenvalue weighted by atomic mass is 35.5. The topological polar surface area (TPSA) is 55.3 Å². The van der Waals surface area contributed by atoms with Crippen LogP contribution in [0.1, 0.15) is 16.1 Å². The van der Waals surface area contributed by atoms with Crippen LogP contribution in [-0.4, -0.2) is 41.0 Å². The van der Waals surface area contributed by atoms with E-state index in [4.69, 9.17) is 16.3 Å². The number of ether oxygens (including phenoxy) is 1. The van der Waals surface area contributed by atoms with Crippen molar-refractivity contribution in [3.63, 3.8) is 0 Å². The van der Waals surface area contributed by atoms with E-state index in [9.17, 15) is 4.79 Å². The van der Waals surface area contributed by atoms with Gasteiger partial charge in [-0.25, -0.2) is 4.98 Å². The van der Waals surface area contributed by atoms with Crippen LogP contribution in [0, 0.1) is 6.92 Å². The zero-order valence-corrected chi connectivity index (χ0v) is 12.7. The van der Waals surface area contributed by atoms with Crippen molar-refractivity contribution < 1.29 is 9.53 Å². The maximum atomic E-state index is 12.1. The van der Waals surface area contributed by atoms with E-state index in [1.165, 1.54) is 17.3 Å². The van der Waals surface area contributed by atoms with Gasteiger partial charge in [0.25, 0.3) is 5.91 Å². The van der Waals surface area contributed by atoms with Crippen molar-refractivity contribution in [1.29, 1.82) is 0 Å². The van der Waals surface area contributed by atoms with Gasteiger partial charge in [-0.3, -0.25) is 9.78 Å². The van der Waals surface area contributed by atoms with Gasteiger partial charge in [-0.1, -0.05) is 23.7 Å². The Morgan fingerprint density at radius 1 is 1.38 bits per heavy atom. The lowest BCUT2D eigenvalue weighted by Gasteiger charge is -2.17. The molecule has 1 aromatic heterocycles. The highest BCUT2D eigenvalue weighted by Crippen LogP contribution is 2.12. The lowest BCUT2D eigenvalue weighted by molar-refractivity contribution is 0.0767. The molecule has 21 heavy (non-hydrogen) atoms. The zero-order chi connectivity index (χ0) is 15.2. The Morgan fingerprint density at radius 3 is 2.90 bits per heavy atom. The minimum Gasteiger partial charge on any atom is -0.492 e. The first kappa shape index (κ1) is 15.3. The van der Waals surface area contributed by atoms with E-state index in [0.717, 1.165) is 11.3 Å². The fraction of sp³-hybridized carbons (Fsp3) is 0.267. The fourth-order valence-electron chi connectivity index (χ4n) is 1.75. The number of rotatable bonds is 5. The van der Waals surface area contributed by atoms with Crippen LogP contribution in [0.4, 0.5) is 0 Å². The van der Waals surface area contributed by atoms with Gasteiger partial charge in [0.1, 0.15) is 23.2 Å². The van der Waals surface area contributed by atoms with Crippen molar-refractivity contribution in [2.45, 2.75) is 6.92 Å². The summed E-state index contributed by atoms with van der Waals surface area (Å²) in [6.45, 7) is 2.85. The molecule has 0 atom stereocenters. The SMILES string of the molecule is Cc1cccc(OCCN(C)C(=O)c2cncc(Cl)n2)c1. The van der Waals surface area contributed by atoms with E-state index in [-0.39, 0.29) is 16.8 Å². The van der Waals surface area contributed by atoms with Crippen LogP contribution >= 0.6 is 11.6 Å². The number of aromatic nitrogens is 2. The molecule has 2 rings (SSSR count). The summed E-state index contributed by atoms with van der Waals surface area (Å²) < 4.78 is 5.61. The number of nitrogens with zero attached hydrogens (tertiary/aromatic N) is 3. The average molecular weight is 306 g/mol. The normalized spacial score (nSPS) is 10.2. The van der Waals surface area contributed by atoms with Crippen LogP contribution in [0.3, 0.4) is 0 Å². The third-order valence-electron chi connectivity index (χ3n) is 2.86. The molecule has 0 aliphatic rings. The molecule has 1 heterocycles. The molecule has 0 saturated heterocycles. The molecule has 0 spiro atoms. The number of hydrogen-bond acceptors (Lipinski definition) is 4. The third-order valence-corrected chi connectivity index (χ3v) is 3.04. The molecule has 0 unspecified atom stereocenters. The average Bonchev–Trinajstić information content (AvgIpc) is 2.46. The van der Waals surface area contributed by atoms with Gasteiger partial charge in [-0.2, -0.15) is 0 Å². The second kappa shape index (κ2) is 7.04. The van der Waals surface area contributed by atoms with E-state index < -0.39 is 0 Å². The van der Waals surface area contributed by atoms with Gasteiger partial charge in [-0.05, 0) is 24.6 Å². The monoisotopic (exact) mass is 305 g/mol. The first-order valence-electron chi connectivity index (χ1n) is 6.49. The van der Waals surface area contributed by atoms with Gasteiger partial charge in [0.2, 0.25) is 0 Å². The van der Waals surface area contributed by atoms with Crippen LogP contribution in [0.2, 0.25) is 5.15 Å². The van der Waals surface area contributed by atoms with Crippen molar-refractivity contribution in [1.82, 2.24) is 14.9 Å². The molecule has 0 aliphatic heterocycles. The first-order valence-corrected chi connectivity index (χ1v) is 6.86. The number of benzene rings is 1.